The van der Waals surface area contributed by atoms with Crippen molar-refractivity contribution in [2.75, 3.05) is 0 Å². The van der Waals surface area contributed by atoms with Crippen LogP contribution in [0.15, 0.2) is 53.4 Å². The molecule has 0 amide bonds. The molecule has 2 aromatic heterocycles. The van der Waals surface area contributed by atoms with Crippen molar-refractivity contribution < 1.29 is 0 Å². The second-order valence-corrected chi connectivity index (χ2v) is 5.52. The molecule has 1 aromatic carbocycles. The normalized spacial score (nSPS) is 12.5. The summed E-state index contributed by atoms with van der Waals surface area (Å²) < 4.78 is 0.951. The average molecular weight is 329 g/mol. The van der Waals surface area contributed by atoms with Crippen molar-refractivity contribution in [3.8, 4) is 0 Å². The Bertz CT molecular complexity index is 745. The highest BCUT2D eigenvalue weighted by atomic mass is 79.9. The minimum Gasteiger partial charge on any atom is -0.322 e. The Balaban J connectivity index is 1.86. The second kappa shape index (κ2) is 5.64. The Morgan fingerprint density at radius 1 is 1.10 bits per heavy atom. The number of benzene rings is 1. The molecule has 2 N–H and O–H groups in total. The summed E-state index contributed by atoms with van der Waals surface area (Å²) >= 11 is 3.41. The first-order chi connectivity index (χ1) is 9.72. The van der Waals surface area contributed by atoms with E-state index in [0.717, 1.165) is 26.8 Å². The third-order valence-electron chi connectivity index (χ3n) is 3.06. The quantitative estimate of drug-likeness (QED) is 0.802. The molecule has 0 spiro atoms. The summed E-state index contributed by atoms with van der Waals surface area (Å²) in [6, 6.07) is 9.60. The van der Waals surface area contributed by atoms with Crippen LogP contribution in [0.25, 0.3) is 11.0 Å². The zero-order valence-corrected chi connectivity index (χ0v) is 12.3. The first-order valence-electron chi connectivity index (χ1n) is 6.29. The lowest BCUT2D eigenvalue weighted by Crippen LogP contribution is -2.15. The van der Waals surface area contributed by atoms with E-state index < -0.39 is 0 Å². The van der Waals surface area contributed by atoms with Crippen molar-refractivity contribution in [1.29, 1.82) is 0 Å². The van der Waals surface area contributed by atoms with E-state index in [-0.39, 0.29) is 6.04 Å². The molecule has 0 bridgehead atoms. The van der Waals surface area contributed by atoms with Crippen LogP contribution in [0.2, 0.25) is 0 Å². The van der Waals surface area contributed by atoms with Gasteiger partial charge in [0, 0.05) is 16.9 Å². The van der Waals surface area contributed by atoms with E-state index in [2.05, 4.69) is 30.9 Å². The van der Waals surface area contributed by atoms with Gasteiger partial charge in [-0.15, -0.1) is 0 Å². The van der Waals surface area contributed by atoms with Crippen LogP contribution in [0.5, 0.6) is 0 Å². The zero-order valence-electron chi connectivity index (χ0n) is 10.7. The van der Waals surface area contributed by atoms with Gasteiger partial charge in [-0.3, -0.25) is 9.97 Å². The molecular weight excluding hydrogens is 316 g/mol. The summed E-state index contributed by atoms with van der Waals surface area (Å²) in [5.74, 6) is 0. The third-order valence-corrected chi connectivity index (χ3v) is 3.50. The highest BCUT2D eigenvalue weighted by Crippen LogP contribution is 2.18. The minimum absolute atomic E-state index is 0.191. The predicted octanol–water partition coefficient (Wildman–Crippen LogP) is 3.03. The van der Waals surface area contributed by atoms with Crippen molar-refractivity contribution in [2.24, 2.45) is 5.73 Å². The van der Waals surface area contributed by atoms with Crippen LogP contribution in [0.1, 0.15) is 17.3 Å². The number of pyridine rings is 1. The second-order valence-electron chi connectivity index (χ2n) is 4.61. The largest absolute Gasteiger partial charge is 0.322 e. The maximum atomic E-state index is 6.22. The third kappa shape index (κ3) is 2.84. The smallest absolute Gasteiger partial charge is 0.0890 e. The molecule has 0 saturated carbocycles. The van der Waals surface area contributed by atoms with Crippen molar-refractivity contribution in [3.05, 3.63) is 64.7 Å². The molecule has 0 aliphatic carbocycles. The average Bonchev–Trinajstić information content (AvgIpc) is 2.47. The molecule has 5 heteroatoms. The maximum Gasteiger partial charge on any atom is 0.0890 e. The zero-order chi connectivity index (χ0) is 13.9. The van der Waals surface area contributed by atoms with Gasteiger partial charge in [-0.05, 0) is 46.1 Å². The van der Waals surface area contributed by atoms with E-state index in [1.54, 1.807) is 12.4 Å². The number of nitrogens with two attached hydrogens (primary N) is 1. The van der Waals surface area contributed by atoms with E-state index >= 15 is 0 Å². The molecule has 0 aliphatic heterocycles. The Kier molecular flexibility index (Phi) is 3.71. The number of rotatable bonds is 3. The number of halogens is 1. The molecule has 1 atom stereocenters. The van der Waals surface area contributed by atoms with Gasteiger partial charge in [0.15, 0.2) is 0 Å². The molecule has 1 unspecified atom stereocenters. The Labute approximate surface area is 125 Å². The summed E-state index contributed by atoms with van der Waals surface area (Å²) in [6.45, 7) is 0. The lowest BCUT2D eigenvalue weighted by atomic mass is 10.1. The van der Waals surface area contributed by atoms with Crippen LogP contribution < -0.4 is 5.73 Å². The fourth-order valence-corrected chi connectivity index (χ4v) is 2.49. The van der Waals surface area contributed by atoms with E-state index in [0.29, 0.717) is 6.42 Å². The molecule has 0 saturated heterocycles. The molecular formula is C15H13BrN4. The number of para-hydroxylation sites is 2. The summed E-state index contributed by atoms with van der Waals surface area (Å²) in [4.78, 5) is 13.1. The highest BCUT2D eigenvalue weighted by molar-refractivity contribution is 9.10. The first kappa shape index (κ1) is 13.1. The number of aromatic nitrogens is 3. The Hall–Kier alpha value is -1.85. The maximum absolute atomic E-state index is 6.22. The van der Waals surface area contributed by atoms with Gasteiger partial charge in [0.1, 0.15) is 0 Å². The van der Waals surface area contributed by atoms with Gasteiger partial charge in [-0.25, -0.2) is 4.98 Å². The van der Waals surface area contributed by atoms with Crippen molar-refractivity contribution in [3.63, 3.8) is 0 Å². The van der Waals surface area contributed by atoms with E-state index in [9.17, 15) is 0 Å². The number of fused-ring (bicyclic) bond motifs is 1. The van der Waals surface area contributed by atoms with Crippen molar-refractivity contribution in [2.45, 2.75) is 12.5 Å². The number of nitrogens with zero attached hydrogens (tertiary/aromatic N) is 3. The molecule has 3 aromatic rings. The lowest BCUT2D eigenvalue weighted by Gasteiger charge is -2.11. The van der Waals surface area contributed by atoms with Crippen LogP contribution in [0.4, 0.5) is 0 Å². The van der Waals surface area contributed by atoms with Crippen LogP contribution in [-0.2, 0) is 6.42 Å². The van der Waals surface area contributed by atoms with E-state index in [1.807, 2.05) is 36.5 Å². The van der Waals surface area contributed by atoms with Gasteiger partial charge in [0.25, 0.3) is 0 Å². The molecule has 0 aliphatic rings. The number of hydrogen-bond donors (Lipinski definition) is 1. The van der Waals surface area contributed by atoms with E-state index in [1.165, 1.54) is 0 Å². The molecule has 4 nitrogen and oxygen atoms in total. The molecule has 20 heavy (non-hydrogen) atoms. The van der Waals surface area contributed by atoms with Gasteiger partial charge in [0.05, 0.1) is 29.0 Å². The fourth-order valence-electron chi connectivity index (χ4n) is 2.08. The van der Waals surface area contributed by atoms with Crippen LogP contribution in [0.3, 0.4) is 0 Å². The van der Waals surface area contributed by atoms with Crippen molar-refractivity contribution >= 4 is 27.0 Å². The van der Waals surface area contributed by atoms with Gasteiger partial charge in [-0.2, -0.15) is 0 Å². The lowest BCUT2D eigenvalue weighted by molar-refractivity contribution is 0.694. The highest BCUT2D eigenvalue weighted by Gasteiger charge is 2.10. The molecule has 3 rings (SSSR count). The fraction of sp³-hybridized carbons (Fsp3) is 0.133. The van der Waals surface area contributed by atoms with E-state index in [4.69, 9.17) is 5.73 Å². The van der Waals surface area contributed by atoms with Gasteiger partial charge >= 0.3 is 0 Å². The Morgan fingerprint density at radius 2 is 1.90 bits per heavy atom. The minimum atomic E-state index is -0.191. The van der Waals surface area contributed by atoms with Gasteiger partial charge in [0.2, 0.25) is 0 Å². The van der Waals surface area contributed by atoms with Crippen molar-refractivity contribution in [1.82, 2.24) is 15.0 Å². The summed E-state index contributed by atoms with van der Waals surface area (Å²) in [5, 5.41) is 0. The van der Waals surface area contributed by atoms with Gasteiger partial charge < -0.3 is 5.73 Å². The topological polar surface area (TPSA) is 64.7 Å². The standard InChI is InChI=1S/C15H13BrN4/c16-11-5-10(7-18-8-11)6-12(17)15-9-19-13-3-1-2-4-14(13)20-15/h1-5,7-9,12H,6,17H2. The summed E-state index contributed by atoms with van der Waals surface area (Å²) in [7, 11) is 0. The summed E-state index contributed by atoms with van der Waals surface area (Å²) in [5.41, 5.74) is 9.84. The molecule has 2 heterocycles. The van der Waals surface area contributed by atoms with Gasteiger partial charge in [-0.1, -0.05) is 12.1 Å². The van der Waals surface area contributed by atoms with Crippen LogP contribution in [0, 0.1) is 0 Å². The number of hydrogen-bond acceptors (Lipinski definition) is 4. The summed E-state index contributed by atoms with van der Waals surface area (Å²) in [6.07, 6.45) is 6.00. The van der Waals surface area contributed by atoms with Crippen LogP contribution >= 0.6 is 15.9 Å². The SMILES string of the molecule is NC(Cc1cncc(Br)c1)c1cnc2ccccc2n1. The monoisotopic (exact) mass is 328 g/mol. The predicted molar refractivity (Wildman–Crippen MR) is 82.1 cm³/mol. The molecule has 0 radical (unpaired) electrons. The molecule has 0 fully saturated rings. The Morgan fingerprint density at radius 3 is 2.70 bits per heavy atom. The first-order valence-corrected chi connectivity index (χ1v) is 7.08. The molecule has 100 valence electrons. The van der Waals surface area contributed by atoms with Crippen LogP contribution in [-0.4, -0.2) is 15.0 Å².